The van der Waals surface area contributed by atoms with Crippen LogP contribution < -0.4 is 0 Å². The van der Waals surface area contributed by atoms with Crippen LogP contribution in [-0.2, 0) is 14.3 Å². The summed E-state index contributed by atoms with van der Waals surface area (Å²) in [5.74, 6) is 2.63. The molecular formula is C17H25NO3. The van der Waals surface area contributed by atoms with Gasteiger partial charge in [0.15, 0.2) is 5.76 Å². The average molecular weight is 291 g/mol. The molecule has 3 rings (SSSR count). The van der Waals surface area contributed by atoms with E-state index < -0.39 is 0 Å². The number of hydrogen-bond donors (Lipinski definition) is 0. The second kappa shape index (κ2) is 5.48. The van der Waals surface area contributed by atoms with Crippen molar-refractivity contribution in [3.63, 3.8) is 0 Å². The van der Waals surface area contributed by atoms with Crippen LogP contribution >= 0.6 is 0 Å². The van der Waals surface area contributed by atoms with Crippen molar-refractivity contribution in [2.24, 2.45) is 11.3 Å². The van der Waals surface area contributed by atoms with Crippen LogP contribution in [0.1, 0.15) is 32.1 Å². The second-order valence-corrected chi connectivity index (χ2v) is 6.59. The summed E-state index contributed by atoms with van der Waals surface area (Å²) in [5.41, 5.74) is 0.224. The van der Waals surface area contributed by atoms with Gasteiger partial charge >= 0.3 is 0 Å². The van der Waals surface area contributed by atoms with Gasteiger partial charge in [-0.15, -0.1) is 0 Å². The van der Waals surface area contributed by atoms with Crippen LogP contribution in [0.3, 0.4) is 0 Å². The number of ketones is 1. The molecule has 3 aliphatic rings. The van der Waals surface area contributed by atoms with E-state index in [1.165, 1.54) is 6.42 Å². The molecule has 0 N–H and O–H groups in total. The smallest absolute Gasteiger partial charge is 0.156 e. The van der Waals surface area contributed by atoms with Gasteiger partial charge in [-0.25, -0.2) is 0 Å². The molecule has 4 nitrogen and oxygen atoms in total. The molecule has 3 atom stereocenters. The highest BCUT2D eigenvalue weighted by Crippen LogP contribution is 2.53. The van der Waals surface area contributed by atoms with Crippen LogP contribution in [0.5, 0.6) is 0 Å². The highest BCUT2D eigenvalue weighted by Gasteiger charge is 2.53. The van der Waals surface area contributed by atoms with Crippen molar-refractivity contribution in [3.8, 4) is 0 Å². The maximum atomic E-state index is 11.9. The Kier molecular flexibility index (Phi) is 3.82. The van der Waals surface area contributed by atoms with Crippen molar-refractivity contribution in [3.05, 3.63) is 23.7 Å². The first-order valence-electron chi connectivity index (χ1n) is 7.82. The fourth-order valence-corrected chi connectivity index (χ4v) is 4.53. The number of likely N-dealkylation sites (tertiary alicyclic amines) is 1. The van der Waals surface area contributed by atoms with E-state index in [1.807, 2.05) is 6.08 Å². The minimum Gasteiger partial charge on any atom is -0.497 e. The molecule has 0 aromatic carbocycles. The molecule has 0 bridgehead atoms. The van der Waals surface area contributed by atoms with Crippen LogP contribution in [0.25, 0.3) is 0 Å². The Labute approximate surface area is 126 Å². The molecule has 2 fully saturated rings. The molecule has 1 aliphatic heterocycles. The van der Waals surface area contributed by atoms with Gasteiger partial charge in [0.2, 0.25) is 0 Å². The molecule has 0 amide bonds. The fourth-order valence-electron chi connectivity index (χ4n) is 4.53. The molecule has 4 heteroatoms. The van der Waals surface area contributed by atoms with Gasteiger partial charge in [0.05, 0.1) is 14.2 Å². The number of carbonyl (C=O) groups excluding carboxylic acids is 1. The molecule has 0 aromatic heterocycles. The zero-order valence-electron chi connectivity index (χ0n) is 13.2. The van der Waals surface area contributed by atoms with E-state index in [0.717, 1.165) is 37.3 Å². The molecule has 1 saturated heterocycles. The SMILES string of the molecule is COC1=C(OC)CC([C@@]23CCC(=O)C[C@@H]2N(C)CC3)C=C1. The predicted octanol–water partition coefficient (Wildman–Crippen LogP) is 2.51. The number of fused-ring (bicyclic) bond motifs is 1. The summed E-state index contributed by atoms with van der Waals surface area (Å²) in [6.45, 7) is 1.09. The summed E-state index contributed by atoms with van der Waals surface area (Å²) in [5, 5.41) is 0. The van der Waals surface area contributed by atoms with Gasteiger partial charge in [-0.2, -0.15) is 0 Å². The average Bonchev–Trinajstić information content (AvgIpc) is 2.85. The monoisotopic (exact) mass is 291 g/mol. The fraction of sp³-hybridized carbons (Fsp3) is 0.706. The van der Waals surface area contributed by atoms with Crippen molar-refractivity contribution in [1.82, 2.24) is 4.90 Å². The Bertz CT molecular complexity index is 496. The third-order valence-electron chi connectivity index (χ3n) is 5.78. The molecule has 1 saturated carbocycles. The van der Waals surface area contributed by atoms with Crippen LogP contribution in [0, 0.1) is 11.3 Å². The summed E-state index contributed by atoms with van der Waals surface area (Å²) in [6, 6.07) is 0.385. The number of nitrogens with zero attached hydrogens (tertiary/aromatic N) is 1. The maximum absolute atomic E-state index is 11.9. The summed E-state index contributed by atoms with van der Waals surface area (Å²) in [6.07, 6.45) is 8.85. The van der Waals surface area contributed by atoms with Gasteiger partial charge in [0, 0.05) is 25.3 Å². The largest absolute Gasteiger partial charge is 0.497 e. The Hall–Kier alpha value is -1.29. The third kappa shape index (κ3) is 2.30. The van der Waals surface area contributed by atoms with Crippen LogP contribution in [0.4, 0.5) is 0 Å². The van der Waals surface area contributed by atoms with E-state index in [2.05, 4.69) is 18.0 Å². The molecular weight excluding hydrogens is 266 g/mol. The minimum atomic E-state index is 0.224. The van der Waals surface area contributed by atoms with E-state index in [-0.39, 0.29) is 5.41 Å². The topological polar surface area (TPSA) is 38.8 Å². The lowest BCUT2D eigenvalue weighted by atomic mass is 9.61. The summed E-state index contributed by atoms with van der Waals surface area (Å²) >= 11 is 0. The van der Waals surface area contributed by atoms with Crippen molar-refractivity contribution in [2.45, 2.75) is 38.1 Å². The van der Waals surface area contributed by atoms with Crippen LogP contribution in [0.15, 0.2) is 23.7 Å². The number of hydrogen-bond acceptors (Lipinski definition) is 4. The molecule has 0 aromatic rings. The summed E-state index contributed by atoms with van der Waals surface area (Å²) in [7, 11) is 5.55. The Morgan fingerprint density at radius 2 is 2.05 bits per heavy atom. The number of carbonyl (C=O) groups is 1. The zero-order valence-corrected chi connectivity index (χ0v) is 13.2. The lowest BCUT2D eigenvalue weighted by Crippen LogP contribution is -2.47. The molecule has 1 unspecified atom stereocenters. The lowest BCUT2D eigenvalue weighted by Gasteiger charge is -2.46. The quantitative estimate of drug-likeness (QED) is 0.801. The van der Waals surface area contributed by atoms with Crippen molar-refractivity contribution in [1.29, 1.82) is 0 Å². The number of allylic oxidation sites excluding steroid dienone is 3. The molecule has 116 valence electrons. The molecule has 21 heavy (non-hydrogen) atoms. The Morgan fingerprint density at radius 3 is 2.76 bits per heavy atom. The Balaban J connectivity index is 1.88. The van der Waals surface area contributed by atoms with Gasteiger partial charge in [0.1, 0.15) is 11.5 Å². The maximum Gasteiger partial charge on any atom is 0.156 e. The van der Waals surface area contributed by atoms with E-state index in [1.54, 1.807) is 14.2 Å². The van der Waals surface area contributed by atoms with Gasteiger partial charge < -0.3 is 14.4 Å². The highest BCUT2D eigenvalue weighted by molar-refractivity contribution is 5.80. The summed E-state index contributed by atoms with van der Waals surface area (Å²) in [4.78, 5) is 14.3. The van der Waals surface area contributed by atoms with E-state index in [9.17, 15) is 4.79 Å². The lowest BCUT2D eigenvalue weighted by molar-refractivity contribution is -0.125. The second-order valence-electron chi connectivity index (χ2n) is 6.59. The van der Waals surface area contributed by atoms with Crippen molar-refractivity contribution < 1.29 is 14.3 Å². The Morgan fingerprint density at radius 1 is 1.24 bits per heavy atom. The molecule has 2 aliphatic carbocycles. The highest BCUT2D eigenvalue weighted by atomic mass is 16.5. The van der Waals surface area contributed by atoms with E-state index in [4.69, 9.17) is 9.47 Å². The summed E-state index contributed by atoms with van der Waals surface area (Å²) < 4.78 is 10.9. The van der Waals surface area contributed by atoms with Gasteiger partial charge in [-0.05, 0) is 43.8 Å². The van der Waals surface area contributed by atoms with E-state index in [0.29, 0.717) is 24.2 Å². The number of methoxy groups -OCH3 is 2. The molecule has 0 radical (unpaired) electrons. The van der Waals surface area contributed by atoms with E-state index >= 15 is 0 Å². The minimum absolute atomic E-state index is 0.224. The number of Topliss-reactive ketones (excluding diaryl/α,β-unsaturated/α-hetero) is 1. The van der Waals surface area contributed by atoms with Crippen molar-refractivity contribution in [2.75, 3.05) is 27.8 Å². The van der Waals surface area contributed by atoms with Crippen LogP contribution in [0.2, 0.25) is 0 Å². The van der Waals surface area contributed by atoms with Crippen molar-refractivity contribution >= 4 is 5.78 Å². The van der Waals surface area contributed by atoms with Gasteiger partial charge in [-0.3, -0.25) is 4.79 Å². The first-order valence-corrected chi connectivity index (χ1v) is 7.82. The molecule has 0 spiro atoms. The molecule has 1 heterocycles. The normalized spacial score (nSPS) is 36.8. The predicted molar refractivity (Wildman–Crippen MR) is 80.6 cm³/mol. The third-order valence-corrected chi connectivity index (χ3v) is 5.78. The standard InChI is InChI=1S/C17H25NO3/c1-18-9-8-17(7-6-13(19)11-16(17)18)12-4-5-14(20-2)15(10-12)21-3/h4-5,12,16H,6-11H2,1-3H3/t12?,16-,17-/m0/s1. The van der Waals surface area contributed by atoms with Gasteiger partial charge in [0.25, 0.3) is 0 Å². The van der Waals surface area contributed by atoms with Crippen LogP contribution in [-0.4, -0.2) is 44.5 Å². The number of rotatable bonds is 3. The van der Waals surface area contributed by atoms with Gasteiger partial charge in [-0.1, -0.05) is 6.08 Å². The first kappa shape index (κ1) is 14.6. The number of ether oxygens (including phenoxy) is 2. The first-order chi connectivity index (χ1) is 10.1. The zero-order chi connectivity index (χ0) is 15.0.